The molecular weight excluding hydrogens is 562 g/mol. The van der Waals surface area contributed by atoms with E-state index in [9.17, 15) is 4.79 Å². The third kappa shape index (κ3) is 7.96. The normalized spacial score (nSPS) is 16.8. The molecule has 1 aromatic heterocycles. The highest BCUT2D eigenvalue weighted by molar-refractivity contribution is 5.91. The average molecular weight is 610 g/mol. The van der Waals surface area contributed by atoms with Crippen LogP contribution in [0.25, 0.3) is 22.4 Å². The quantitative estimate of drug-likeness (QED) is 0.208. The summed E-state index contributed by atoms with van der Waals surface area (Å²) < 4.78 is 6.04. The lowest BCUT2D eigenvalue weighted by molar-refractivity contribution is 0.190. The van der Waals surface area contributed by atoms with Crippen molar-refractivity contribution < 1.29 is 9.53 Å². The molecule has 0 bridgehead atoms. The maximum absolute atomic E-state index is 12.4. The van der Waals surface area contributed by atoms with Crippen molar-refractivity contribution in [2.45, 2.75) is 51.9 Å². The first-order chi connectivity index (χ1) is 21.8. The topological polar surface area (TPSA) is 88.8 Å². The average Bonchev–Trinajstić information content (AvgIpc) is 3.32. The SMILES string of the molecule is CC(C)(C)c1ccc(-c2nc3c(N4CCN(CCOc5ccc(NC(=O)NN6CCCCCC6)cc5)CC4)cccc3[nH]2)cc1. The standard InChI is InChI=1S/C36H47N7O2/c1-36(2,3)28-13-11-27(12-14-28)34-38-31-9-8-10-32(33(31)39-34)42-23-21-41(22-24-42)25-26-45-30-17-15-29(16-18-30)37-35(44)40-43-19-6-4-5-7-20-43/h8-18H,4-7,19-26H2,1-3H3,(H,38,39)(H2,37,40,44). The number of aromatic nitrogens is 2. The van der Waals surface area contributed by atoms with E-state index in [0.29, 0.717) is 6.61 Å². The van der Waals surface area contributed by atoms with Crippen LogP contribution >= 0.6 is 0 Å². The molecule has 2 aliphatic rings. The number of fused-ring (bicyclic) bond motifs is 1. The van der Waals surface area contributed by atoms with Crippen LogP contribution in [0.2, 0.25) is 0 Å². The Kier molecular flexibility index (Phi) is 9.56. The molecule has 238 valence electrons. The number of nitrogens with one attached hydrogen (secondary N) is 3. The molecule has 3 aromatic carbocycles. The summed E-state index contributed by atoms with van der Waals surface area (Å²) in [6, 6.07) is 22.6. The number of hydrogen-bond acceptors (Lipinski definition) is 6. The van der Waals surface area contributed by atoms with E-state index in [2.05, 4.69) is 88.8 Å². The number of imidazole rings is 1. The van der Waals surface area contributed by atoms with E-state index in [0.717, 1.165) is 92.5 Å². The number of para-hydroxylation sites is 1. The molecule has 2 amide bonds. The first-order valence-corrected chi connectivity index (χ1v) is 16.4. The fourth-order valence-corrected chi connectivity index (χ4v) is 6.16. The lowest BCUT2D eigenvalue weighted by Crippen LogP contribution is -2.47. The molecule has 3 heterocycles. The van der Waals surface area contributed by atoms with E-state index in [1.807, 2.05) is 29.3 Å². The minimum atomic E-state index is -0.195. The van der Waals surface area contributed by atoms with E-state index in [1.54, 1.807) is 0 Å². The predicted octanol–water partition coefficient (Wildman–Crippen LogP) is 6.64. The predicted molar refractivity (Wildman–Crippen MR) is 183 cm³/mol. The van der Waals surface area contributed by atoms with Crippen LogP contribution in [0.3, 0.4) is 0 Å². The molecule has 2 saturated heterocycles. The van der Waals surface area contributed by atoms with Crippen molar-refractivity contribution in [3.63, 3.8) is 0 Å². The molecule has 6 rings (SSSR count). The van der Waals surface area contributed by atoms with Gasteiger partial charge in [-0.2, -0.15) is 0 Å². The summed E-state index contributed by atoms with van der Waals surface area (Å²) in [5.41, 5.74) is 9.56. The number of H-pyrrole nitrogens is 1. The van der Waals surface area contributed by atoms with Crippen LogP contribution in [0.5, 0.6) is 5.75 Å². The molecule has 0 saturated carbocycles. The van der Waals surface area contributed by atoms with E-state index in [1.165, 1.54) is 24.1 Å². The Morgan fingerprint density at radius 2 is 1.58 bits per heavy atom. The number of hydrogen-bond donors (Lipinski definition) is 3. The van der Waals surface area contributed by atoms with E-state index >= 15 is 0 Å². The molecule has 0 aliphatic carbocycles. The van der Waals surface area contributed by atoms with Crippen molar-refractivity contribution in [1.82, 2.24) is 25.3 Å². The van der Waals surface area contributed by atoms with Crippen molar-refractivity contribution in [2.75, 3.05) is 62.6 Å². The lowest BCUT2D eigenvalue weighted by atomic mass is 9.87. The summed E-state index contributed by atoms with van der Waals surface area (Å²) in [6.45, 7) is 13.8. The fraction of sp³-hybridized carbons (Fsp3) is 0.444. The molecule has 2 aliphatic heterocycles. The first kappa shape index (κ1) is 30.9. The van der Waals surface area contributed by atoms with Gasteiger partial charge >= 0.3 is 6.03 Å². The van der Waals surface area contributed by atoms with Crippen LogP contribution in [0.15, 0.2) is 66.7 Å². The molecule has 0 radical (unpaired) electrons. The zero-order valence-electron chi connectivity index (χ0n) is 26.9. The Morgan fingerprint density at radius 3 is 2.27 bits per heavy atom. The fourth-order valence-electron chi connectivity index (χ4n) is 6.16. The minimum absolute atomic E-state index is 0.129. The number of anilines is 2. The number of piperazine rings is 1. The highest BCUT2D eigenvalue weighted by atomic mass is 16.5. The van der Waals surface area contributed by atoms with Crippen LogP contribution in [0.4, 0.5) is 16.2 Å². The number of urea groups is 1. The summed E-state index contributed by atoms with van der Waals surface area (Å²) >= 11 is 0. The van der Waals surface area contributed by atoms with Crippen LogP contribution in [-0.2, 0) is 5.41 Å². The van der Waals surface area contributed by atoms with Gasteiger partial charge in [-0.1, -0.05) is 63.9 Å². The molecule has 9 nitrogen and oxygen atoms in total. The van der Waals surface area contributed by atoms with Gasteiger partial charge in [0.15, 0.2) is 0 Å². The Bertz CT molecular complexity index is 1540. The molecule has 2 fully saturated rings. The molecule has 0 spiro atoms. The molecule has 3 N–H and O–H groups in total. The Balaban J connectivity index is 0.964. The van der Waals surface area contributed by atoms with Gasteiger partial charge in [0.1, 0.15) is 23.7 Å². The summed E-state index contributed by atoms with van der Waals surface area (Å²) in [5, 5.41) is 4.94. The third-order valence-corrected chi connectivity index (χ3v) is 8.88. The zero-order chi connectivity index (χ0) is 31.2. The van der Waals surface area contributed by atoms with Crippen LogP contribution in [0, 0.1) is 0 Å². The van der Waals surface area contributed by atoms with Crippen molar-refractivity contribution >= 4 is 28.4 Å². The van der Waals surface area contributed by atoms with E-state index in [4.69, 9.17) is 9.72 Å². The second-order valence-corrected chi connectivity index (χ2v) is 13.3. The number of carbonyl (C=O) groups is 1. The van der Waals surface area contributed by atoms with Gasteiger partial charge in [-0.3, -0.25) is 10.3 Å². The van der Waals surface area contributed by atoms with E-state index in [-0.39, 0.29) is 11.4 Å². The summed E-state index contributed by atoms with van der Waals surface area (Å²) in [4.78, 5) is 25.9. The number of amides is 2. The summed E-state index contributed by atoms with van der Waals surface area (Å²) in [6.07, 6.45) is 4.71. The van der Waals surface area contributed by atoms with Gasteiger partial charge < -0.3 is 19.9 Å². The van der Waals surface area contributed by atoms with Gasteiger partial charge in [-0.05, 0) is 60.2 Å². The number of hydrazine groups is 1. The molecule has 45 heavy (non-hydrogen) atoms. The van der Waals surface area contributed by atoms with E-state index < -0.39 is 0 Å². The number of ether oxygens (including phenoxy) is 1. The highest BCUT2D eigenvalue weighted by Crippen LogP contribution is 2.30. The molecule has 9 heteroatoms. The number of carbonyl (C=O) groups excluding carboxylic acids is 1. The van der Waals surface area contributed by atoms with Crippen LogP contribution < -0.4 is 20.4 Å². The number of nitrogens with zero attached hydrogens (tertiary/aromatic N) is 4. The summed E-state index contributed by atoms with van der Waals surface area (Å²) in [5.74, 6) is 1.72. The number of aromatic amines is 1. The lowest BCUT2D eigenvalue weighted by Gasteiger charge is -2.36. The Labute approximate surface area is 266 Å². The van der Waals surface area contributed by atoms with Gasteiger partial charge in [-0.25, -0.2) is 14.8 Å². The van der Waals surface area contributed by atoms with Gasteiger partial charge in [0.2, 0.25) is 0 Å². The summed E-state index contributed by atoms with van der Waals surface area (Å²) in [7, 11) is 0. The van der Waals surface area contributed by atoms with Crippen molar-refractivity contribution in [1.29, 1.82) is 0 Å². The highest BCUT2D eigenvalue weighted by Gasteiger charge is 2.21. The Hall–Kier alpha value is -4.08. The molecule has 4 aromatic rings. The largest absolute Gasteiger partial charge is 0.492 e. The van der Waals surface area contributed by atoms with Crippen molar-refractivity contribution in [3.05, 3.63) is 72.3 Å². The Morgan fingerprint density at radius 1 is 0.867 bits per heavy atom. The first-order valence-electron chi connectivity index (χ1n) is 16.4. The number of benzene rings is 3. The maximum Gasteiger partial charge on any atom is 0.333 e. The van der Waals surface area contributed by atoms with Gasteiger partial charge in [0, 0.05) is 57.1 Å². The van der Waals surface area contributed by atoms with Gasteiger partial charge in [0.05, 0.1) is 11.2 Å². The molecular formula is C36H47N7O2. The van der Waals surface area contributed by atoms with Crippen LogP contribution in [0.1, 0.15) is 52.0 Å². The molecule has 0 unspecified atom stereocenters. The maximum atomic E-state index is 12.4. The van der Waals surface area contributed by atoms with Crippen molar-refractivity contribution in [2.24, 2.45) is 0 Å². The second-order valence-electron chi connectivity index (χ2n) is 13.3. The zero-order valence-corrected chi connectivity index (χ0v) is 26.9. The monoisotopic (exact) mass is 609 g/mol. The van der Waals surface area contributed by atoms with Gasteiger partial charge in [0.25, 0.3) is 0 Å². The van der Waals surface area contributed by atoms with Gasteiger partial charge in [-0.15, -0.1) is 0 Å². The van der Waals surface area contributed by atoms with Crippen molar-refractivity contribution in [3.8, 4) is 17.1 Å². The second kappa shape index (κ2) is 13.9. The molecule has 0 atom stereocenters. The smallest absolute Gasteiger partial charge is 0.333 e. The van der Waals surface area contributed by atoms with Crippen LogP contribution in [-0.4, -0.2) is 78.3 Å². The number of rotatable bonds is 8. The minimum Gasteiger partial charge on any atom is -0.492 e. The third-order valence-electron chi connectivity index (χ3n) is 8.88.